The Balaban J connectivity index is 1.93. The van der Waals surface area contributed by atoms with Crippen LogP contribution in [-0.4, -0.2) is 51.0 Å². The zero-order valence-electron chi connectivity index (χ0n) is 9.44. The molecular weight excluding hydrogens is 242 g/mol. The molecule has 98 valence electrons. The first-order valence-electron chi connectivity index (χ1n) is 5.43. The summed E-state index contributed by atoms with van der Waals surface area (Å²) >= 11 is 0. The van der Waals surface area contributed by atoms with E-state index in [2.05, 4.69) is 10.5 Å². The number of amides is 2. The summed E-state index contributed by atoms with van der Waals surface area (Å²) in [6.45, 7) is 0.136. The van der Waals surface area contributed by atoms with E-state index in [1.165, 1.54) is 6.20 Å². The maximum atomic E-state index is 11.8. The quantitative estimate of drug-likeness (QED) is 0.664. The Morgan fingerprint density at radius 1 is 1.61 bits per heavy atom. The van der Waals surface area contributed by atoms with Crippen LogP contribution in [0.1, 0.15) is 12.2 Å². The fourth-order valence-corrected chi connectivity index (χ4v) is 1.87. The van der Waals surface area contributed by atoms with E-state index in [0.717, 1.165) is 4.90 Å². The Morgan fingerprint density at radius 3 is 3.00 bits per heavy atom. The summed E-state index contributed by atoms with van der Waals surface area (Å²) in [6, 6.07) is 0.0541. The van der Waals surface area contributed by atoms with E-state index in [9.17, 15) is 14.7 Å². The Labute approximate surface area is 102 Å². The van der Waals surface area contributed by atoms with Crippen LogP contribution >= 0.6 is 0 Å². The second-order valence-electron chi connectivity index (χ2n) is 4.03. The van der Waals surface area contributed by atoms with Crippen molar-refractivity contribution in [2.75, 3.05) is 6.54 Å². The standard InChI is InChI=1S/C10H13N3O5/c14-6-3-8(9(15)16)13(5-6)10(17)11-4-7-1-2-12-18-7/h1-2,6,8,14H,3-5H2,(H,11,17)(H,15,16). The summed E-state index contributed by atoms with van der Waals surface area (Å²) in [7, 11) is 0. The van der Waals surface area contributed by atoms with Crippen LogP contribution in [0.3, 0.4) is 0 Å². The van der Waals surface area contributed by atoms with E-state index in [1.54, 1.807) is 6.07 Å². The Morgan fingerprint density at radius 2 is 2.39 bits per heavy atom. The van der Waals surface area contributed by atoms with Gasteiger partial charge in [-0.05, 0) is 0 Å². The van der Waals surface area contributed by atoms with Gasteiger partial charge in [-0.25, -0.2) is 9.59 Å². The van der Waals surface area contributed by atoms with Gasteiger partial charge in [-0.1, -0.05) is 5.16 Å². The molecule has 0 aliphatic carbocycles. The predicted molar refractivity (Wildman–Crippen MR) is 57.5 cm³/mol. The third-order valence-electron chi connectivity index (χ3n) is 2.73. The van der Waals surface area contributed by atoms with Crippen molar-refractivity contribution in [3.8, 4) is 0 Å². The van der Waals surface area contributed by atoms with E-state index in [-0.39, 0.29) is 19.5 Å². The van der Waals surface area contributed by atoms with Crippen LogP contribution in [0, 0.1) is 0 Å². The largest absolute Gasteiger partial charge is 0.480 e. The molecule has 1 saturated heterocycles. The highest BCUT2D eigenvalue weighted by Crippen LogP contribution is 2.18. The van der Waals surface area contributed by atoms with Gasteiger partial charge in [0.2, 0.25) is 0 Å². The monoisotopic (exact) mass is 255 g/mol. The molecule has 0 bridgehead atoms. The summed E-state index contributed by atoms with van der Waals surface area (Å²) in [5.41, 5.74) is 0. The van der Waals surface area contributed by atoms with E-state index >= 15 is 0 Å². The highest BCUT2D eigenvalue weighted by molar-refractivity contribution is 5.83. The Bertz CT molecular complexity index is 433. The topological polar surface area (TPSA) is 116 Å². The van der Waals surface area contributed by atoms with Crippen LogP contribution < -0.4 is 5.32 Å². The lowest BCUT2D eigenvalue weighted by Gasteiger charge is -2.21. The van der Waals surface area contributed by atoms with E-state index < -0.39 is 24.1 Å². The summed E-state index contributed by atoms with van der Waals surface area (Å²) in [5, 5.41) is 24.3. The minimum absolute atomic E-state index is 0.0131. The van der Waals surface area contributed by atoms with Gasteiger partial charge < -0.3 is 25.0 Å². The van der Waals surface area contributed by atoms with Crippen LogP contribution in [0.25, 0.3) is 0 Å². The molecule has 0 aromatic carbocycles. The third-order valence-corrected chi connectivity index (χ3v) is 2.73. The molecular formula is C10H13N3O5. The molecule has 0 spiro atoms. The van der Waals surface area contributed by atoms with Gasteiger partial charge in [0, 0.05) is 19.0 Å². The molecule has 3 N–H and O–H groups in total. The lowest BCUT2D eigenvalue weighted by molar-refractivity contribution is -0.141. The van der Waals surface area contributed by atoms with E-state index in [0.29, 0.717) is 5.76 Å². The molecule has 1 aliphatic heterocycles. The lowest BCUT2D eigenvalue weighted by Crippen LogP contribution is -2.45. The zero-order valence-corrected chi connectivity index (χ0v) is 9.44. The molecule has 2 heterocycles. The van der Waals surface area contributed by atoms with Gasteiger partial charge >= 0.3 is 12.0 Å². The van der Waals surface area contributed by atoms with E-state index in [1.807, 2.05) is 0 Å². The molecule has 8 heteroatoms. The molecule has 0 radical (unpaired) electrons. The molecule has 18 heavy (non-hydrogen) atoms. The number of nitrogens with zero attached hydrogens (tertiary/aromatic N) is 2. The number of carboxylic acids is 1. The number of hydrogen-bond donors (Lipinski definition) is 3. The summed E-state index contributed by atoms with van der Waals surface area (Å²) in [5.74, 6) is -0.656. The summed E-state index contributed by atoms with van der Waals surface area (Å²) in [6.07, 6.45) is 0.689. The van der Waals surface area contributed by atoms with Crippen molar-refractivity contribution in [1.29, 1.82) is 0 Å². The second-order valence-corrected chi connectivity index (χ2v) is 4.03. The Kier molecular flexibility index (Phi) is 3.47. The third kappa shape index (κ3) is 2.59. The molecule has 1 aliphatic rings. The minimum atomic E-state index is -1.12. The summed E-state index contributed by atoms with van der Waals surface area (Å²) in [4.78, 5) is 23.8. The molecule has 1 aromatic rings. The van der Waals surface area contributed by atoms with Crippen molar-refractivity contribution in [3.05, 3.63) is 18.0 Å². The Hall–Kier alpha value is -2.09. The van der Waals surface area contributed by atoms with Gasteiger partial charge in [0.05, 0.1) is 18.8 Å². The summed E-state index contributed by atoms with van der Waals surface area (Å²) < 4.78 is 4.79. The maximum Gasteiger partial charge on any atom is 0.326 e. The number of urea groups is 1. The maximum absolute atomic E-state index is 11.8. The first kappa shape index (κ1) is 12.4. The van der Waals surface area contributed by atoms with Crippen LogP contribution in [-0.2, 0) is 11.3 Å². The van der Waals surface area contributed by atoms with Crippen molar-refractivity contribution in [1.82, 2.24) is 15.4 Å². The van der Waals surface area contributed by atoms with Crippen molar-refractivity contribution in [3.63, 3.8) is 0 Å². The average Bonchev–Trinajstić information content (AvgIpc) is 2.94. The number of carbonyl (C=O) groups excluding carboxylic acids is 1. The normalized spacial score (nSPS) is 23.1. The number of aliphatic hydroxyl groups excluding tert-OH is 1. The number of likely N-dealkylation sites (tertiary alicyclic amines) is 1. The van der Waals surface area contributed by atoms with Gasteiger partial charge in [0.25, 0.3) is 0 Å². The number of aliphatic hydroxyl groups is 1. The molecule has 2 unspecified atom stereocenters. The molecule has 1 aromatic heterocycles. The number of carbonyl (C=O) groups is 2. The molecule has 1 fully saturated rings. The van der Waals surface area contributed by atoms with Gasteiger partial charge in [0.1, 0.15) is 6.04 Å². The molecule has 2 amide bonds. The molecule has 8 nitrogen and oxygen atoms in total. The highest BCUT2D eigenvalue weighted by atomic mass is 16.5. The smallest absolute Gasteiger partial charge is 0.326 e. The van der Waals surface area contributed by atoms with Crippen molar-refractivity contribution in [2.45, 2.75) is 25.1 Å². The SMILES string of the molecule is O=C(O)C1CC(O)CN1C(=O)NCc1ccno1. The van der Waals surface area contributed by atoms with Gasteiger partial charge in [-0.2, -0.15) is 0 Å². The minimum Gasteiger partial charge on any atom is -0.480 e. The van der Waals surface area contributed by atoms with Crippen LogP contribution in [0.15, 0.2) is 16.8 Å². The fourth-order valence-electron chi connectivity index (χ4n) is 1.87. The number of rotatable bonds is 3. The lowest BCUT2D eigenvalue weighted by atomic mass is 10.2. The molecule has 2 rings (SSSR count). The highest BCUT2D eigenvalue weighted by Gasteiger charge is 2.38. The first-order valence-corrected chi connectivity index (χ1v) is 5.43. The number of nitrogens with one attached hydrogen (secondary N) is 1. The van der Waals surface area contributed by atoms with E-state index in [4.69, 9.17) is 9.63 Å². The van der Waals surface area contributed by atoms with Crippen LogP contribution in [0.5, 0.6) is 0 Å². The van der Waals surface area contributed by atoms with Crippen molar-refractivity contribution >= 4 is 12.0 Å². The first-order chi connectivity index (χ1) is 8.58. The predicted octanol–water partition coefficient (Wildman–Crippen LogP) is -0.596. The number of aromatic nitrogens is 1. The van der Waals surface area contributed by atoms with Gasteiger partial charge in [-0.15, -0.1) is 0 Å². The average molecular weight is 255 g/mol. The van der Waals surface area contributed by atoms with Gasteiger partial charge in [-0.3, -0.25) is 0 Å². The zero-order chi connectivity index (χ0) is 13.1. The molecule has 2 atom stereocenters. The number of aliphatic carboxylic acids is 1. The van der Waals surface area contributed by atoms with Crippen LogP contribution in [0.2, 0.25) is 0 Å². The van der Waals surface area contributed by atoms with Gasteiger partial charge in [0.15, 0.2) is 5.76 Å². The van der Waals surface area contributed by atoms with Crippen molar-refractivity contribution in [2.24, 2.45) is 0 Å². The van der Waals surface area contributed by atoms with Crippen LogP contribution in [0.4, 0.5) is 4.79 Å². The number of β-amino-alcohol motifs (C(OH)–C–C–N with tert-alkyl or cyclic N) is 1. The number of carboxylic acid groups (broad SMARTS) is 1. The second kappa shape index (κ2) is 5.05. The number of hydrogen-bond acceptors (Lipinski definition) is 5. The molecule has 0 saturated carbocycles. The fraction of sp³-hybridized carbons (Fsp3) is 0.500. The van der Waals surface area contributed by atoms with Crippen molar-refractivity contribution < 1.29 is 24.3 Å².